The second kappa shape index (κ2) is 12.1. The fourth-order valence-corrected chi connectivity index (χ4v) is 4.74. The van der Waals surface area contributed by atoms with Gasteiger partial charge < -0.3 is 25.0 Å². The van der Waals surface area contributed by atoms with Crippen molar-refractivity contribution in [1.29, 1.82) is 0 Å². The maximum Gasteiger partial charge on any atom is 0.321 e. The Morgan fingerprint density at radius 1 is 1.30 bits per heavy atom. The number of aliphatic hydroxyl groups is 1. The van der Waals surface area contributed by atoms with Crippen LogP contribution in [0.2, 0.25) is 0 Å². The van der Waals surface area contributed by atoms with Gasteiger partial charge in [-0.05, 0) is 38.0 Å². The SMILES string of the molecule is C[C@H](CO)N1C[C@H](C)[C@@H](CN(C)C(=O)Nc2ccccc2)Oc2ncc(C#CC3CCCC3)cc2C1=O. The smallest absolute Gasteiger partial charge is 0.321 e. The highest BCUT2D eigenvalue weighted by Gasteiger charge is 2.34. The third-order valence-electron chi connectivity index (χ3n) is 7.12. The van der Waals surface area contributed by atoms with E-state index in [2.05, 4.69) is 22.1 Å². The predicted molar refractivity (Wildman–Crippen MR) is 142 cm³/mol. The molecule has 8 nitrogen and oxygen atoms in total. The molecule has 2 N–H and O–H groups in total. The molecule has 1 aromatic carbocycles. The van der Waals surface area contributed by atoms with Gasteiger partial charge >= 0.3 is 6.03 Å². The van der Waals surface area contributed by atoms with Crippen molar-refractivity contribution in [2.24, 2.45) is 11.8 Å². The van der Waals surface area contributed by atoms with E-state index < -0.39 is 6.10 Å². The fourth-order valence-electron chi connectivity index (χ4n) is 4.74. The lowest BCUT2D eigenvalue weighted by atomic mass is 10.00. The van der Waals surface area contributed by atoms with Crippen LogP contribution in [-0.4, -0.2) is 70.7 Å². The standard InChI is InChI=1S/C29H36N4O4/c1-20-17-33(21(2)19-34)28(35)25-15-23(14-13-22-9-7-8-10-22)16-30-27(25)37-26(20)18-32(3)29(36)31-24-11-5-4-6-12-24/h4-6,11-12,15-16,20-22,26,34H,7-10,17-19H2,1-3H3,(H,31,36)/t20-,21+,26+/m0/s1. The number of hydrogen-bond acceptors (Lipinski definition) is 5. The van der Waals surface area contributed by atoms with Crippen molar-refractivity contribution < 1.29 is 19.4 Å². The van der Waals surface area contributed by atoms with Gasteiger partial charge in [-0.25, -0.2) is 9.78 Å². The number of pyridine rings is 1. The molecule has 0 spiro atoms. The highest BCUT2D eigenvalue weighted by atomic mass is 16.5. The minimum Gasteiger partial charge on any atom is -0.472 e. The van der Waals surface area contributed by atoms with Crippen molar-refractivity contribution in [2.45, 2.75) is 51.7 Å². The lowest BCUT2D eigenvalue weighted by Crippen LogP contribution is -2.50. The summed E-state index contributed by atoms with van der Waals surface area (Å²) in [6, 6.07) is 10.4. The van der Waals surface area contributed by atoms with E-state index in [4.69, 9.17) is 4.74 Å². The third kappa shape index (κ3) is 6.60. The summed E-state index contributed by atoms with van der Waals surface area (Å²) in [5.74, 6) is 6.76. The van der Waals surface area contributed by atoms with Crippen LogP contribution in [0, 0.1) is 23.7 Å². The molecule has 2 heterocycles. The summed E-state index contributed by atoms with van der Waals surface area (Å²) >= 11 is 0. The van der Waals surface area contributed by atoms with Crippen LogP contribution < -0.4 is 10.1 Å². The Kier molecular flexibility index (Phi) is 8.67. The number of anilines is 1. The molecule has 2 aliphatic rings. The predicted octanol–water partition coefficient (Wildman–Crippen LogP) is 4.01. The zero-order valence-electron chi connectivity index (χ0n) is 21.8. The zero-order chi connectivity index (χ0) is 26.4. The van der Waals surface area contributed by atoms with Crippen LogP contribution >= 0.6 is 0 Å². The average molecular weight is 505 g/mol. The Balaban J connectivity index is 1.58. The number of urea groups is 1. The van der Waals surface area contributed by atoms with E-state index in [0.717, 1.165) is 12.8 Å². The molecule has 37 heavy (non-hydrogen) atoms. The topological polar surface area (TPSA) is 95.0 Å². The number of fused-ring (bicyclic) bond motifs is 1. The van der Waals surface area contributed by atoms with Gasteiger partial charge in [0.2, 0.25) is 5.88 Å². The van der Waals surface area contributed by atoms with Crippen molar-refractivity contribution >= 4 is 17.6 Å². The minimum atomic E-state index is -0.422. The number of likely N-dealkylation sites (N-methyl/N-ethyl adjacent to an activating group) is 1. The molecular formula is C29H36N4O4. The van der Waals surface area contributed by atoms with Gasteiger partial charge in [-0.1, -0.05) is 49.8 Å². The molecular weight excluding hydrogens is 468 g/mol. The maximum atomic E-state index is 13.6. The van der Waals surface area contributed by atoms with E-state index in [-0.39, 0.29) is 36.4 Å². The number of para-hydroxylation sites is 1. The van der Waals surface area contributed by atoms with Crippen molar-refractivity contribution in [3.05, 3.63) is 53.7 Å². The van der Waals surface area contributed by atoms with Crippen LogP contribution in [-0.2, 0) is 0 Å². The van der Waals surface area contributed by atoms with Crippen LogP contribution in [0.4, 0.5) is 10.5 Å². The molecule has 8 heteroatoms. The van der Waals surface area contributed by atoms with Gasteiger partial charge in [0.1, 0.15) is 11.7 Å². The number of nitrogens with zero attached hydrogens (tertiary/aromatic N) is 3. The molecule has 3 amide bonds. The normalized spacial score (nSPS) is 20.5. The molecule has 196 valence electrons. The lowest BCUT2D eigenvalue weighted by Gasteiger charge is -2.37. The summed E-state index contributed by atoms with van der Waals surface area (Å²) in [4.78, 5) is 34.1. The van der Waals surface area contributed by atoms with Gasteiger partial charge in [0.15, 0.2) is 0 Å². The number of amides is 3. The molecule has 1 aliphatic carbocycles. The second-order valence-electron chi connectivity index (χ2n) is 10.1. The van der Waals surface area contributed by atoms with Gasteiger partial charge in [0.05, 0.1) is 19.2 Å². The van der Waals surface area contributed by atoms with Crippen molar-refractivity contribution in [1.82, 2.24) is 14.8 Å². The molecule has 0 radical (unpaired) electrons. The largest absolute Gasteiger partial charge is 0.472 e. The van der Waals surface area contributed by atoms with Crippen molar-refractivity contribution in [3.8, 4) is 17.7 Å². The van der Waals surface area contributed by atoms with Crippen LogP contribution in [0.1, 0.15) is 55.5 Å². The highest BCUT2D eigenvalue weighted by molar-refractivity contribution is 5.97. The summed E-state index contributed by atoms with van der Waals surface area (Å²) in [5.41, 5.74) is 1.70. The summed E-state index contributed by atoms with van der Waals surface area (Å²) in [6.45, 7) is 4.30. The van der Waals surface area contributed by atoms with Crippen LogP contribution in [0.15, 0.2) is 42.6 Å². The van der Waals surface area contributed by atoms with E-state index in [1.165, 1.54) is 12.8 Å². The number of rotatable bonds is 5. The van der Waals surface area contributed by atoms with Gasteiger partial charge in [-0.2, -0.15) is 0 Å². The summed E-state index contributed by atoms with van der Waals surface area (Å²) in [6.07, 6.45) is 5.86. The Morgan fingerprint density at radius 3 is 2.73 bits per heavy atom. The van der Waals surface area contributed by atoms with E-state index in [1.807, 2.05) is 44.2 Å². The summed E-state index contributed by atoms with van der Waals surface area (Å²) in [5, 5.41) is 12.7. The number of carbonyl (C=O) groups is 2. The monoisotopic (exact) mass is 504 g/mol. The first-order valence-corrected chi connectivity index (χ1v) is 13.0. The lowest BCUT2D eigenvalue weighted by molar-refractivity contribution is 0.0356. The van der Waals surface area contributed by atoms with Crippen LogP contribution in [0.5, 0.6) is 5.88 Å². The number of benzene rings is 1. The van der Waals surface area contributed by atoms with Gasteiger partial charge in [-0.3, -0.25) is 4.79 Å². The van der Waals surface area contributed by atoms with Gasteiger partial charge in [0, 0.05) is 42.9 Å². The highest BCUT2D eigenvalue weighted by Crippen LogP contribution is 2.28. The minimum absolute atomic E-state index is 0.123. The molecule has 1 fully saturated rings. The molecule has 0 unspecified atom stereocenters. The number of carbonyl (C=O) groups excluding carboxylic acids is 2. The van der Waals surface area contributed by atoms with Crippen LogP contribution in [0.3, 0.4) is 0 Å². The van der Waals surface area contributed by atoms with E-state index in [9.17, 15) is 14.7 Å². The molecule has 4 rings (SSSR count). The molecule has 1 aliphatic heterocycles. The first-order valence-electron chi connectivity index (χ1n) is 13.0. The van der Waals surface area contributed by atoms with E-state index in [0.29, 0.717) is 35.8 Å². The van der Waals surface area contributed by atoms with Crippen LogP contribution in [0.25, 0.3) is 0 Å². The van der Waals surface area contributed by atoms with Crippen molar-refractivity contribution in [3.63, 3.8) is 0 Å². The first kappa shape index (κ1) is 26.5. The van der Waals surface area contributed by atoms with Gasteiger partial charge in [0.25, 0.3) is 5.91 Å². The van der Waals surface area contributed by atoms with E-state index in [1.54, 1.807) is 29.1 Å². The molecule has 3 atom stereocenters. The molecule has 1 aromatic heterocycles. The Labute approximate surface area is 219 Å². The quantitative estimate of drug-likeness (QED) is 0.600. The molecule has 0 saturated heterocycles. The van der Waals surface area contributed by atoms with Gasteiger partial charge in [-0.15, -0.1) is 0 Å². The molecule has 2 aromatic rings. The second-order valence-corrected chi connectivity index (χ2v) is 10.1. The number of hydrogen-bond donors (Lipinski definition) is 2. The Morgan fingerprint density at radius 2 is 2.03 bits per heavy atom. The number of aliphatic hydroxyl groups excluding tert-OH is 1. The van der Waals surface area contributed by atoms with E-state index >= 15 is 0 Å². The fraction of sp³-hybridized carbons (Fsp3) is 0.483. The number of aromatic nitrogens is 1. The summed E-state index contributed by atoms with van der Waals surface area (Å²) in [7, 11) is 1.71. The Hall–Kier alpha value is -3.57. The number of ether oxygens (including phenoxy) is 1. The zero-order valence-corrected chi connectivity index (χ0v) is 21.8. The summed E-state index contributed by atoms with van der Waals surface area (Å²) < 4.78 is 6.29. The molecule has 1 saturated carbocycles. The average Bonchev–Trinajstić information content (AvgIpc) is 3.43. The third-order valence-corrected chi connectivity index (χ3v) is 7.12. The maximum absolute atomic E-state index is 13.6. The first-order chi connectivity index (χ1) is 17.9. The van der Waals surface area contributed by atoms with Crippen molar-refractivity contribution in [2.75, 3.05) is 32.1 Å². The number of nitrogens with one attached hydrogen (secondary N) is 1. The molecule has 0 bridgehead atoms. The Bertz CT molecular complexity index is 1150.